The molecule has 0 amide bonds. The molecule has 0 fully saturated rings. The summed E-state index contributed by atoms with van der Waals surface area (Å²) >= 11 is 0. The number of nitrogens with one attached hydrogen (secondary N) is 1. The lowest BCUT2D eigenvalue weighted by molar-refractivity contribution is 0.433. The molecule has 0 bridgehead atoms. The minimum Gasteiger partial charge on any atom is -0.310 e. The lowest BCUT2D eigenvalue weighted by Crippen LogP contribution is -1.97. The van der Waals surface area contributed by atoms with Gasteiger partial charge in [0, 0.05) is 12.6 Å². The van der Waals surface area contributed by atoms with E-state index in [0.717, 1.165) is 11.8 Å². The molecule has 0 rings (SSSR count). The van der Waals surface area contributed by atoms with Crippen molar-refractivity contribution >= 4 is 6.21 Å². The average Bonchev–Trinajstić information content (AvgIpc) is 1.83. The molecule has 0 aromatic carbocycles. The molecule has 9 heavy (non-hydrogen) atoms. The van der Waals surface area contributed by atoms with Crippen LogP contribution in [0.2, 0.25) is 0 Å². The number of rotatable bonds is 3. The zero-order valence-electron chi connectivity index (χ0n) is 5.82. The maximum absolute atomic E-state index is 12.2. The van der Waals surface area contributed by atoms with Crippen LogP contribution in [0.4, 0.5) is 4.39 Å². The summed E-state index contributed by atoms with van der Waals surface area (Å²) in [4.78, 5) is 0. The molecule has 2 heteroatoms. The standard InChI is InChI=1S/C7H12FN/c1-6(2)3-4-7(8)5-9/h3,5,7,9H,4H2,1-2H3. The minimum absolute atomic E-state index is 0.339. The number of halogens is 1. The van der Waals surface area contributed by atoms with Gasteiger partial charge in [-0.3, -0.25) is 0 Å². The Balaban J connectivity index is 3.49. The average molecular weight is 129 g/mol. The van der Waals surface area contributed by atoms with Crippen molar-refractivity contribution < 1.29 is 4.39 Å². The Hall–Kier alpha value is -0.660. The van der Waals surface area contributed by atoms with Gasteiger partial charge in [-0.15, -0.1) is 0 Å². The number of hydrogen-bond donors (Lipinski definition) is 1. The van der Waals surface area contributed by atoms with Gasteiger partial charge in [0.2, 0.25) is 0 Å². The largest absolute Gasteiger partial charge is 0.310 e. The predicted molar refractivity (Wildman–Crippen MR) is 37.7 cm³/mol. The summed E-state index contributed by atoms with van der Waals surface area (Å²) in [5.41, 5.74) is 1.10. The van der Waals surface area contributed by atoms with Crippen LogP contribution >= 0.6 is 0 Å². The van der Waals surface area contributed by atoms with Crippen molar-refractivity contribution in [3.8, 4) is 0 Å². The molecule has 1 unspecified atom stereocenters. The first-order valence-corrected chi connectivity index (χ1v) is 2.95. The van der Waals surface area contributed by atoms with Crippen molar-refractivity contribution in [2.24, 2.45) is 0 Å². The van der Waals surface area contributed by atoms with Gasteiger partial charge in [0.05, 0.1) is 0 Å². The Morgan fingerprint density at radius 1 is 1.67 bits per heavy atom. The Bertz CT molecular complexity index is 114. The highest BCUT2D eigenvalue weighted by molar-refractivity contribution is 5.59. The number of hydrogen-bond acceptors (Lipinski definition) is 1. The lowest BCUT2D eigenvalue weighted by atomic mass is 10.2. The van der Waals surface area contributed by atoms with Crippen LogP contribution in [0.25, 0.3) is 0 Å². The van der Waals surface area contributed by atoms with E-state index in [1.807, 2.05) is 13.8 Å². The van der Waals surface area contributed by atoms with E-state index < -0.39 is 6.17 Å². The van der Waals surface area contributed by atoms with Crippen LogP contribution in [-0.2, 0) is 0 Å². The Labute approximate surface area is 55.1 Å². The van der Waals surface area contributed by atoms with Crippen molar-refractivity contribution in [3.63, 3.8) is 0 Å². The van der Waals surface area contributed by atoms with Crippen molar-refractivity contribution in [1.29, 1.82) is 5.41 Å². The fourth-order valence-electron chi connectivity index (χ4n) is 0.416. The first kappa shape index (κ1) is 8.34. The summed E-state index contributed by atoms with van der Waals surface area (Å²) in [5, 5.41) is 6.52. The zero-order chi connectivity index (χ0) is 7.28. The van der Waals surface area contributed by atoms with Gasteiger partial charge in [0.1, 0.15) is 6.17 Å². The molecule has 0 aromatic rings. The van der Waals surface area contributed by atoms with E-state index in [1.54, 1.807) is 6.08 Å². The number of allylic oxidation sites excluding steroid dienone is 2. The van der Waals surface area contributed by atoms with Crippen LogP contribution < -0.4 is 0 Å². The highest BCUT2D eigenvalue weighted by Crippen LogP contribution is 1.98. The smallest absolute Gasteiger partial charge is 0.138 e. The molecule has 1 nitrogen and oxygen atoms in total. The maximum atomic E-state index is 12.2. The van der Waals surface area contributed by atoms with Crippen molar-refractivity contribution in [3.05, 3.63) is 11.6 Å². The Morgan fingerprint density at radius 3 is 2.56 bits per heavy atom. The third-order valence-corrected chi connectivity index (χ3v) is 0.932. The lowest BCUT2D eigenvalue weighted by Gasteiger charge is -1.94. The van der Waals surface area contributed by atoms with Gasteiger partial charge in [-0.1, -0.05) is 11.6 Å². The zero-order valence-corrected chi connectivity index (χ0v) is 5.82. The first-order chi connectivity index (χ1) is 4.16. The van der Waals surface area contributed by atoms with Crippen molar-refractivity contribution in [2.75, 3.05) is 0 Å². The molecular formula is C7H12FN. The molecular weight excluding hydrogens is 117 g/mol. The van der Waals surface area contributed by atoms with Crippen LogP contribution in [0.15, 0.2) is 11.6 Å². The van der Waals surface area contributed by atoms with E-state index in [9.17, 15) is 4.39 Å². The first-order valence-electron chi connectivity index (χ1n) is 2.95. The van der Waals surface area contributed by atoms with Crippen LogP contribution in [0, 0.1) is 5.41 Å². The van der Waals surface area contributed by atoms with Gasteiger partial charge in [-0.05, 0) is 13.8 Å². The van der Waals surface area contributed by atoms with Gasteiger partial charge in [-0.2, -0.15) is 0 Å². The number of alkyl halides is 1. The van der Waals surface area contributed by atoms with Crippen molar-refractivity contribution in [2.45, 2.75) is 26.4 Å². The monoisotopic (exact) mass is 129 g/mol. The molecule has 0 heterocycles. The molecule has 0 aliphatic rings. The van der Waals surface area contributed by atoms with E-state index in [2.05, 4.69) is 0 Å². The molecule has 0 aliphatic carbocycles. The van der Waals surface area contributed by atoms with Gasteiger partial charge in [-0.25, -0.2) is 4.39 Å². The van der Waals surface area contributed by atoms with E-state index in [-0.39, 0.29) is 0 Å². The SMILES string of the molecule is CC(C)=CCC(F)C=N. The van der Waals surface area contributed by atoms with E-state index in [1.165, 1.54) is 0 Å². The molecule has 0 radical (unpaired) electrons. The fraction of sp³-hybridized carbons (Fsp3) is 0.571. The topological polar surface area (TPSA) is 23.9 Å². The Kier molecular flexibility index (Phi) is 3.93. The molecule has 1 N–H and O–H groups in total. The summed E-state index contributed by atoms with van der Waals surface area (Å²) in [7, 11) is 0. The normalized spacial score (nSPS) is 12.3. The van der Waals surface area contributed by atoms with Gasteiger partial charge < -0.3 is 5.41 Å². The second kappa shape index (κ2) is 4.24. The summed E-state index contributed by atoms with van der Waals surface area (Å²) in [5.74, 6) is 0. The summed E-state index contributed by atoms with van der Waals surface area (Å²) in [6.45, 7) is 3.83. The van der Waals surface area contributed by atoms with Crippen LogP contribution in [0.1, 0.15) is 20.3 Å². The highest BCUT2D eigenvalue weighted by atomic mass is 19.1. The van der Waals surface area contributed by atoms with Gasteiger partial charge >= 0.3 is 0 Å². The van der Waals surface area contributed by atoms with E-state index >= 15 is 0 Å². The third-order valence-electron chi connectivity index (χ3n) is 0.932. The predicted octanol–water partition coefficient (Wildman–Crippen LogP) is 2.33. The molecule has 0 saturated carbocycles. The van der Waals surface area contributed by atoms with Gasteiger partial charge in [0.15, 0.2) is 0 Å². The summed E-state index contributed by atoms with van der Waals surface area (Å²) < 4.78 is 12.2. The fourth-order valence-corrected chi connectivity index (χ4v) is 0.416. The van der Waals surface area contributed by atoms with Crippen LogP contribution in [0.5, 0.6) is 0 Å². The quantitative estimate of drug-likeness (QED) is 0.446. The molecule has 0 saturated heterocycles. The molecule has 0 spiro atoms. The van der Waals surface area contributed by atoms with Gasteiger partial charge in [0.25, 0.3) is 0 Å². The summed E-state index contributed by atoms with van der Waals surface area (Å²) in [6, 6.07) is 0. The van der Waals surface area contributed by atoms with Crippen molar-refractivity contribution in [1.82, 2.24) is 0 Å². The second-order valence-electron chi connectivity index (χ2n) is 2.20. The molecule has 1 atom stereocenters. The Morgan fingerprint density at radius 2 is 2.22 bits per heavy atom. The molecule has 0 aromatic heterocycles. The highest BCUT2D eigenvalue weighted by Gasteiger charge is 1.95. The maximum Gasteiger partial charge on any atom is 0.138 e. The minimum atomic E-state index is -1.10. The van der Waals surface area contributed by atoms with E-state index in [4.69, 9.17) is 5.41 Å². The third kappa shape index (κ3) is 5.21. The van der Waals surface area contributed by atoms with Crippen LogP contribution in [-0.4, -0.2) is 12.4 Å². The summed E-state index contributed by atoms with van der Waals surface area (Å²) in [6.07, 6.45) is 1.85. The molecule has 0 aliphatic heterocycles. The molecule has 52 valence electrons. The van der Waals surface area contributed by atoms with E-state index in [0.29, 0.717) is 6.42 Å². The second-order valence-corrected chi connectivity index (χ2v) is 2.20. The van der Waals surface area contributed by atoms with Crippen LogP contribution in [0.3, 0.4) is 0 Å².